The fourth-order valence-corrected chi connectivity index (χ4v) is 4.61. The highest BCUT2D eigenvalue weighted by Crippen LogP contribution is 2.40. The van der Waals surface area contributed by atoms with Crippen LogP contribution in [0.4, 0.5) is 14.5 Å². The second-order valence-corrected chi connectivity index (χ2v) is 9.38. The third kappa shape index (κ3) is 4.92. The molecule has 1 nitrogen and oxygen atoms in total. The Kier molecular flexibility index (Phi) is 6.24. The Balaban J connectivity index is 1.33. The molecule has 1 saturated carbocycles. The third-order valence-corrected chi connectivity index (χ3v) is 6.83. The normalized spacial score (nSPS) is 18.1. The summed E-state index contributed by atoms with van der Waals surface area (Å²) in [5.74, 6) is 6.84. The first kappa shape index (κ1) is 22.4. The SMILES string of the molecule is CC1CC1Cc1ccc(C#CC2=Cc3ccc(-c4cc(F)c(N=C=S)c(F)c4)cc3CC2)cc1. The molecule has 0 N–H and O–H groups in total. The lowest BCUT2D eigenvalue weighted by Gasteiger charge is -2.15. The number of hydrogen-bond acceptors (Lipinski definition) is 2. The average molecular weight is 468 g/mol. The van der Waals surface area contributed by atoms with Crippen LogP contribution in [0.3, 0.4) is 0 Å². The van der Waals surface area contributed by atoms with Crippen LogP contribution in [0.2, 0.25) is 0 Å². The van der Waals surface area contributed by atoms with Crippen LogP contribution >= 0.6 is 12.2 Å². The van der Waals surface area contributed by atoms with Gasteiger partial charge in [-0.05, 0) is 108 Å². The molecule has 0 saturated heterocycles. The van der Waals surface area contributed by atoms with Crippen molar-refractivity contribution in [3.63, 3.8) is 0 Å². The maximum Gasteiger partial charge on any atom is 0.153 e. The molecule has 3 aromatic rings. The smallest absolute Gasteiger partial charge is 0.153 e. The molecule has 0 spiro atoms. The van der Waals surface area contributed by atoms with E-state index < -0.39 is 17.3 Å². The van der Waals surface area contributed by atoms with Gasteiger partial charge in [-0.3, -0.25) is 0 Å². The molecular formula is C30H23F2NS. The molecule has 4 heteroatoms. The summed E-state index contributed by atoms with van der Waals surface area (Å²) in [6, 6.07) is 17.0. The molecule has 0 aliphatic heterocycles. The van der Waals surface area contributed by atoms with E-state index in [1.54, 1.807) is 0 Å². The van der Waals surface area contributed by atoms with E-state index in [4.69, 9.17) is 0 Å². The molecule has 0 bridgehead atoms. The molecule has 2 aliphatic carbocycles. The van der Waals surface area contributed by atoms with Gasteiger partial charge in [0.1, 0.15) is 5.69 Å². The van der Waals surface area contributed by atoms with Crippen molar-refractivity contribution in [2.24, 2.45) is 16.8 Å². The van der Waals surface area contributed by atoms with Crippen molar-refractivity contribution in [2.45, 2.75) is 32.6 Å². The van der Waals surface area contributed by atoms with Crippen LogP contribution in [0.1, 0.15) is 42.0 Å². The Labute approximate surface area is 204 Å². The number of benzene rings is 3. The van der Waals surface area contributed by atoms with Gasteiger partial charge in [-0.15, -0.1) is 0 Å². The monoisotopic (exact) mass is 467 g/mol. The summed E-state index contributed by atoms with van der Waals surface area (Å²) in [5.41, 5.74) is 6.57. The number of isothiocyanates is 1. The molecule has 2 atom stereocenters. The lowest BCUT2D eigenvalue weighted by molar-refractivity contribution is 0.588. The van der Waals surface area contributed by atoms with E-state index in [1.807, 2.05) is 23.4 Å². The molecule has 0 amide bonds. The maximum atomic E-state index is 14.2. The van der Waals surface area contributed by atoms with Crippen LogP contribution < -0.4 is 0 Å². The van der Waals surface area contributed by atoms with Crippen LogP contribution in [-0.2, 0) is 12.8 Å². The molecule has 1 fully saturated rings. The molecular weight excluding hydrogens is 444 g/mol. The first-order valence-corrected chi connectivity index (χ1v) is 11.9. The van der Waals surface area contributed by atoms with E-state index in [0.717, 1.165) is 52.5 Å². The lowest BCUT2D eigenvalue weighted by Crippen LogP contribution is -1.99. The topological polar surface area (TPSA) is 12.4 Å². The van der Waals surface area contributed by atoms with Gasteiger partial charge in [0, 0.05) is 11.1 Å². The van der Waals surface area contributed by atoms with E-state index in [2.05, 4.69) is 66.3 Å². The zero-order valence-corrected chi connectivity index (χ0v) is 19.7. The van der Waals surface area contributed by atoms with E-state index in [1.165, 1.54) is 30.5 Å². The quantitative estimate of drug-likeness (QED) is 0.215. The first-order valence-electron chi connectivity index (χ1n) is 11.5. The summed E-state index contributed by atoms with van der Waals surface area (Å²) in [7, 11) is 0. The van der Waals surface area contributed by atoms with Crippen LogP contribution in [0.15, 0.2) is 65.2 Å². The molecule has 3 aromatic carbocycles. The fraction of sp³-hybridized carbons (Fsp3) is 0.233. The number of nitrogens with zero attached hydrogens (tertiary/aromatic N) is 1. The minimum Gasteiger partial charge on any atom is -0.204 e. The van der Waals surface area contributed by atoms with Crippen molar-refractivity contribution < 1.29 is 8.78 Å². The molecule has 2 unspecified atom stereocenters. The van der Waals surface area contributed by atoms with Gasteiger partial charge in [-0.2, -0.15) is 4.99 Å². The molecule has 34 heavy (non-hydrogen) atoms. The van der Waals surface area contributed by atoms with Gasteiger partial charge in [0.05, 0.1) is 5.16 Å². The van der Waals surface area contributed by atoms with Gasteiger partial charge in [0.15, 0.2) is 11.6 Å². The summed E-state index contributed by atoms with van der Waals surface area (Å²) >= 11 is 4.46. The van der Waals surface area contributed by atoms with Crippen molar-refractivity contribution in [3.8, 4) is 23.0 Å². The average Bonchev–Trinajstić information content (AvgIpc) is 3.54. The van der Waals surface area contributed by atoms with Gasteiger partial charge >= 0.3 is 0 Å². The number of fused-ring (bicyclic) bond motifs is 1. The van der Waals surface area contributed by atoms with Crippen LogP contribution in [0.25, 0.3) is 17.2 Å². The van der Waals surface area contributed by atoms with Gasteiger partial charge < -0.3 is 0 Å². The van der Waals surface area contributed by atoms with Gasteiger partial charge in [-0.1, -0.05) is 49.1 Å². The maximum absolute atomic E-state index is 14.2. The molecule has 5 rings (SSSR count). The molecule has 2 aliphatic rings. The second kappa shape index (κ2) is 9.47. The van der Waals surface area contributed by atoms with E-state index >= 15 is 0 Å². The van der Waals surface area contributed by atoms with Gasteiger partial charge in [-0.25, -0.2) is 8.78 Å². The lowest BCUT2D eigenvalue weighted by atomic mass is 9.89. The summed E-state index contributed by atoms with van der Waals surface area (Å²) < 4.78 is 28.5. The zero-order chi connectivity index (χ0) is 23.7. The number of allylic oxidation sites excluding steroid dienone is 1. The van der Waals surface area contributed by atoms with Crippen molar-refractivity contribution in [1.29, 1.82) is 0 Å². The second-order valence-electron chi connectivity index (χ2n) is 9.20. The summed E-state index contributed by atoms with van der Waals surface area (Å²) in [5, 5.41) is 2.01. The summed E-state index contributed by atoms with van der Waals surface area (Å²) in [6.45, 7) is 2.32. The number of halogens is 2. The Bertz CT molecular complexity index is 1380. The van der Waals surface area contributed by atoms with Crippen LogP contribution in [-0.4, -0.2) is 5.16 Å². The number of aliphatic imine (C=N–C) groups is 1. The molecule has 0 aromatic heterocycles. The minimum absolute atomic E-state index is 0.407. The highest BCUT2D eigenvalue weighted by atomic mass is 32.1. The minimum atomic E-state index is -0.752. The predicted octanol–water partition coefficient (Wildman–Crippen LogP) is 7.95. The molecule has 168 valence electrons. The Morgan fingerprint density at radius 1 is 0.941 bits per heavy atom. The third-order valence-electron chi connectivity index (χ3n) is 6.74. The number of thiocarbonyl (C=S) groups is 1. The van der Waals surface area contributed by atoms with E-state index in [-0.39, 0.29) is 0 Å². The van der Waals surface area contributed by atoms with Crippen molar-refractivity contribution in [1.82, 2.24) is 0 Å². The van der Waals surface area contributed by atoms with Gasteiger partial charge in [0.2, 0.25) is 0 Å². The summed E-state index contributed by atoms with van der Waals surface area (Å²) in [4.78, 5) is 3.47. The predicted molar refractivity (Wildman–Crippen MR) is 137 cm³/mol. The Morgan fingerprint density at radius 3 is 2.35 bits per heavy atom. The number of aryl methyl sites for hydroxylation is 1. The molecule has 0 radical (unpaired) electrons. The van der Waals surface area contributed by atoms with Gasteiger partial charge in [0.25, 0.3) is 0 Å². The van der Waals surface area contributed by atoms with Crippen molar-refractivity contribution in [2.75, 3.05) is 0 Å². The van der Waals surface area contributed by atoms with Crippen molar-refractivity contribution >= 4 is 29.1 Å². The largest absolute Gasteiger partial charge is 0.204 e. The zero-order valence-electron chi connectivity index (χ0n) is 18.9. The summed E-state index contributed by atoms with van der Waals surface area (Å²) in [6.07, 6.45) is 6.30. The van der Waals surface area contributed by atoms with Crippen molar-refractivity contribution in [3.05, 3.63) is 94.1 Å². The molecule has 0 heterocycles. The standard InChI is InChI=1S/C30H23F2NS/c1-19-12-26(19)14-21-5-2-20(3-6-21)4-7-22-8-9-24-15-25(11-10-23(24)13-22)27-16-28(31)30(33-18-34)29(32)17-27/h2-3,5-6,10-11,13,15-17,19,26H,8-9,12,14H2,1H3. The number of rotatable bonds is 4. The van der Waals surface area contributed by atoms with E-state index in [9.17, 15) is 8.78 Å². The van der Waals surface area contributed by atoms with E-state index in [0.29, 0.717) is 5.56 Å². The Morgan fingerprint density at radius 2 is 1.68 bits per heavy atom. The highest BCUT2D eigenvalue weighted by molar-refractivity contribution is 7.78. The number of hydrogen-bond donors (Lipinski definition) is 0. The highest BCUT2D eigenvalue weighted by Gasteiger charge is 2.32. The first-order chi connectivity index (χ1) is 16.5. The van der Waals surface area contributed by atoms with Crippen LogP contribution in [0, 0.1) is 35.3 Å². The van der Waals surface area contributed by atoms with Crippen LogP contribution in [0.5, 0.6) is 0 Å². The fourth-order valence-electron chi connectivity index (χ4n) is 4.52. The Hall–Kier alpha value is -3.38.